The van der Waals surface area contributed by atoms with Gasteiger partial charge in [0.2, 0.25) is 0 Å². The minimum atomic E-state index is 0.0940. The summed E-state index contributed by atoms with van der Waals surface area (Å²) in [5.41, 5.74) is 2.43. The van der Waals surface area contributed by atoms with Crippen LogP contribution in [0.2, 0.25) is 0 Å². The molecule has 3 nitrogen and oxygen atoms in total. The van der Waals surface area contributed by atoms with Gasteiger partial charge in [0.05, 0.1) is 22.1 Å². The van der Waals surface area contributed by atoms with Gasteiger partial charge in [-0.05, 0) is 19.9 Å². The quantitative estimate of drug-likeness (QED) is 0.806. The molecule has 2 heterocycles. The van der Waals surface area contributed by atoms with Crippen LogP contribution in [0.5, 0.6) is 0 Å². The summed E-state index contributed by atoms with van der Waals surface area (Å²) >= 11 is 3.56. The molecule has 0 bridgehead atoms. The van der Waals surface area contributed by atoms with Crippen LogP contribution in [0.25, 0.3) is 0 Å². The summed E-state index contributed by atoms with van der Waals surface area (Å²) in [7, 11) is 0. The normalized spacial score (nSPS) is 12.0. The SMILES string of the molecule is CCCNCc1sc(Cc2nc(C)cs2)nc1C(C)(C)C. The van der Waals surface area contributed by atoms with Gasteiger partial charge in [-0.3, -0.25) is 0 Å². The Kier molecular flexibility index (Phi) is 5.52. The first kappa shape index (κ1) is 16.6. The second-order valence-corrected chi connectivity index (χ2v) is 8.48. The number of hydrogen-bond donors (Lipinski definition) is 1. The van der Waals surface area contributed by atoms with E-state index in [0.29, 0.717) is 0 Å². The molecule has 0 atom stereocenters. The lowest BCUT2D eigenvalue weighted by atomic mass is 9.91. The van der Waals surface area contributed by atoms with Crippen molar-refractivity contribution in [2.45, 2.75) is 59.4 Å². The van der Waals surface area contributed by atoms with Crippen molar-refractivity contribution < 1.29 is 0 Å². The number of nitrogens with one attached hydrogen (secondary N) is 1. The van der Waals surface area contributed by atoms with Crippen molar-refractivity contribution in [3.63, 3.8) is 0 Å². The predicted octanol–water partition coefficient (Wildman–Crippen LogP) is 4.30. The summed E-state index contributed by atoms with van der Waals surface area (Å²) < 4.78 is 0. The first-order valence-electron chi connectivity index (χ1n) is 7.51. The Bertz CT molecular complexity index is 579. The van der Waals surface area contributed by atoms with Gasteiger partial charge >= 0.3 is 0 Å². The number of thiazole rings is 2. The zero-order chi connectivity index (χ0) is 15.5. The van der Waals surface area contributed by atoms with Crippen LogP contribution in [-0.2, 0) is 18.4 Å². The molecule has 0 aliphatic carbocycles. The molecular formula is C16H25N3S2. The number of hydrogen-bond acceptors (Lipinski definition) is 5. The Labute approximate surface area is 135 Å². The van der Waals surface area contributed by atoms with E-state index in [1.54, 1.807) is 11.3 Å². The highest BCUT2D eigenvalue weighted by atomic mass is 32.1. The van der Waals surface area contributed by atoms with Crippen molar-refractivity contribution in [1.82, 2.24) is 15.3 Å². The number of rotatable bonds is 6. The maximum absolute atomic E-state index is 4.91. The monoisotopic (exact) mass is 323 g/mol. The molecule has 116 valence electrons. The van der Waals surface area contributed by atoms with Crippen molar-refractivity contribution in [1.29, 1.82) is 0 Å². The molecule has 0 radical (unpaired) electrons. The molecule has 2 aromatic rings. The first-order valence-corrected chi connectivity index (χ1v) is 9.20. The highest BCUT2D eigenvalue weighted by Gasteiger charge is 2.23. The molecule has 0 spiro atoms. The lowest BCUT2D eigenvalue weighted by Gasteiger charge is -2.17. The van der Waals surface area contributed by atoms with E-state index in [1.807, 2.05) is 18.3 Å². The van der Waals surface area contributed by atoms with Gasteiger partial charge in [0.1, 0.15) is 0 Å². The van der Waals surface area contributed by atoms with Gasteiger partial charge in [-0.1, -0.05) is 27.7 Å². The molecule has 0 saturated carbocycles. The van der Waals surface area contributed by atoms with Crippen molar-refractivity contribution in [2.75, 3.05) is 6.54 Å². The first-order chi connectivity index (χ1) is 9.90. The Morgan fingerprint density at radius 3 is 2.52 bits per heavy atom. The van der Waals surface area contributed by atoms with Crippen LogP contribution < -0.4 is 5.32 Å². The summed E-state index contributed by atoms with van der Waals surface area (Å²) in [5, 5.41) is 7.96. The Morgan fingerprint density at radius 2 is 1.95 bits per heavy atom. The van der Waals surface area contributed by atoms with Crippen LogP contribution in [0.15, 0.2) is 5.38 Å². The molecule has 0 unspecified atom stereocenters. The van der Waals surface area contributed by atoms with Crippen molar-refractivity contribution in [3.8, 4) is 0 Å². The van der Waals surface area contributed by atoms with E-state index < -0.39 is 0 Å². The minimum Gasteiger partial charge on any atom is -0.312 e. The second-order valence-electron chi connectivity index (χ2n) is 6.37. The van der Waals surface area contributed by atoms with Gasteiger partial charge < -0.3 is 5.32 Å². The summed E-state index contributed by atoms with van der Waals surface area (Å²) in [6, 6.07) is 0. The van der Waals surface area contributed by atoms with E-state index in [-0.39, 0.29) is 5.41 Å². The van der Waals surface area contributed by atoms with Gasteiger partial charge in [0.25, 0.3) is 0 Å². The van der Waals surface area contributed by atoms with E-state index >= 15 is 0 Å². The van der Waals surface area contributed by atoms with E-state index in [1.165, 1.54) is 15.6 Å². The fraction of sp³-hybridized carbons (Fsp3) is 0.625. The molecular weight excluding hydrogens is 298 g/mol. The highest BCUT2D eigenvalue weighted by Crippen LogP contribution is 2.31. The topological polar surface area (TPSA) is 37.8 Å². The largest absolute Gasteiger partial charge is 0.312 e. The molecule has 0 saturated heterocycles. The minimum absolute atomic E-state index is 0.0940. The molecule has 0 amide bonds. The van der Waals surface area contributed by atoms with E-state index in [9.17, 15) is 0 Å². The molecule has 2 aromatic heterocycles. The predicted molar refractivity (Wildman–Crippen MR) is 92.5 cm³/mol. The third-order valence-corrected chi connectivity index (χ3v) is 5.16. The fourth-order valence-electron chi connectivity index (χ4n) is 2.17. The number of aryl methyl sites for hydroxylation is 1. The van der Waals surface area contributed by atoms with Crippen LogP contribution in [0.3, 0.4) is 0 Å². The molecule has 21 heavy (non-hydrogen) atoms. The maximum Gasteiger partial charge on any atom is 0.1000 e. The standard InChI is InChI=1S/C16H25N3S2/c1-6-7-17-9-12-15(16(3,4)5)19-14(21-12)8-13-18-11(2)10-20-13/h10,17H,6-9H2,1-5H3. The Balaban J connectivity index is 2.18. The van der Waals surface area contributed by atoms with Crippen LogP contribution >= 0.6 is 22.7 Å². The van der Waals surface area contributed by atoms with Crippen LogP contribution in [0.1, 0.15) is 60.4 Å². The number of aromatic nitrogens is 2. The van der Waals surface area contributed by atoms with Crippen molar-refractivity contribution in [2.24, 2.45) is 0 Å². The summed E-state index contributed by atoms with van der Waals surface area (Å²) in [4.78, 5) is 10.8. The summed E-state index contributed by atoms with van der Waals surface area (Å²) in [6.07, 6.45) is 2.02. The van der Waals surface area contributed by atoms with E-state index in [2.05, 4.69) is 43.4 Å². The zero-order valence-electron chi connectivity index (χ0n) is 13.6. The molecule has 1 N–H and O–H groups in total. The van der Waals surface area contributed by atoms with Crippen molar-refractivity contribution >= 4 is 22.7 Å². The van der Waals surface area contributed by atoms with Gasteiger partial charge in [-0.15, -0.1) is 22.7 Å². The van der Waals surface area contributed by atoms with Crippen LogP contribution in [-0.4, -0.2) is 16.5 Å². The third-order valence-electron chi connectivity index (χ3n) is 3.13. The van der Waals surface area contributed by atoms with Gasteiger partial charge in [0, 0.05) is 27.9 Å². The number of nitrogens with zero attached hydrogens (tertiary/aromatic N) is 2. The van der Waals surface area contributed by atoms with E-state index in [4.69, 9.17) is 4.98 Å². The van der Waals surface area contributed by atoms with Crippen LogP contribution in [0.4, 0.5) is 0 Å². The summed E-state index contributed by atoms with van der Waals surface area (Å²) in [5.74, 6) is 0. The molecule has 0 aromatic carbocycles. The average molecular weight is 324 g/mol. The Hall–Kier alpha value is -0.780. The Morgan fingerprint density at radius 1 is 1.19 bits per heavy atom. The third kappa shape index (κ3) is 4.59. The lowest BCUT2D eigenvalue weighted by Crippen LogP contribution is -2.19. The summed E-state index contributed by atoms with van der Waals surface area (Å²) in [6.45, 7) is 12.9. The molecule has 0 fully saturated rings. The van der Waals surface area contributed by atoms with Crippen LogP contribution in [0, 0.1) is 6.92 Å². The fourth-order valence-corrected chi connectivity index (χ4v) is 4.29. The molecule has 5 heteroatoms. The van der Waals surface area contributed by atoms with Gasteiger partial charge in [-0.2, -0.15) is 0 Å². The maximum atomic E-state index is 4.91. The van der Waals surface area contributed by atoms with Gasteiger partial charge in [0.15, 0.2) is 0 Å². The van der Waals surface area contributed by atoms with Crippen molar-refractivity contribution in [3.05, 3.63) is 31.7 Å². The average Bonchev–Trinajstić information content (AvgIpc) is 2.96. The van der Waals surface area contributed by atoms with Gasteiger partial charge in [-0.25, -0.2) is 9.97 Å². The lowest BCUT2D eigenvalue weighted by molar-refractivity contribution is 0.557. The zero-order valence-corrected chi connectivity index (χ0v) is 15.2. The highest BCUT2D eigenvalue weighted by molar-refractivity contribution is 7.12. The molecule has 0 aliphatic heterocycles. The second kappa shape index (κ2) is 6.99. The molecule has 2 rings (SSSR count). The molecule has 0 aliphatic rings. The smallest absolute Gasteiger partial charge is 0.1000 e. The van der Waals surface area contributed by atoms with E-state index in [0.717, 1.165) is 36.6 Å².